The Morgan fingerprint density at radius 1 is 1.71 bits per heavy atom. The molecule has 0 aliphatic carbocycles. The van der Waals surface area contributed by atoms with Gasteiger partial charge in [0.25, 0.3) is 0 Å². The van der Waals surface area contributed by atoms with E-state index in [1.54, 1.807) is 0 Å². The van der Waals surface area contributed by atoms with Gasteiger partial charge in [-0.15, -0.1) is 5.10 Å². The number of hydrogen-bond acceptors (Lipinski definition) is 3. The van der Waals surface area contributed by atoms with Gasteiger partial charge in [0.2, 0.25) is 11.3 Å². The molecule has 17 heavy (non-hydrogen) atoms. The summed E-state index contributed by atoms with van der Waals surface area (Å²) >= 11 is 4.01. The zero-order valence-electron chi connectivity index (χ0n) is 9.27. The summed E-state index contributed by atoms with van der Waals surface area (Å²) in [5, 5.41) is 7.70. The lowest BCUT2D eigenvalue weighted by molar-refractivity contribution is 0.541. The maximum atomic E-state index is 10.5. The van der Waals surface area contributed by atoms with Gasteiger partial charge in [0, 0.05) is 12.5 Å². The number of rotatable bonds is 4. The van der Waals surface area contributed by atoms with Gasteiger partial charge in [-0.3, -0.25) is 9.65 Å². The lowest BCUT2D eigenvalue weighted by Crippen LogP contribution is -2.22. The minimum absolute atomic E-state index is 0.0872. The molecule has 0 aliphatic rings. The van der Waals surface area contributed by atoms with Crippen LogP contribution in [0.15, 0.2) is 0 Å². The van der Waals surface area contributed by atoms with Crippen LogP contribution in [0, 0.1) is 6.92 Å². The van der Waals surface area contributed by atoms with Crippen LogP contribution in [0.4, 0.5) is 0 Å². The van der Waals surface area contributed by atoms with Gasteiger partial charge in [-0.05, 0) is 6.92 Å². The number of fused-ring (bicyclic) bond motifs is 1. The van der Waals surface area contributed by atoms with E-state index in [9.17, 15) is 4.21 Å². The average molecular weight is 278 g/mol. The summed E-state index contributed by atoms with van der Waals surface area (Å²) in [6.07, 6.45) is 0. The maximum Gasteiger partial charge on any atom is 0.231 e. The SMILES string of the molecule is Cc1[nH]n2nc(C(C)CNS(=O)O)nc2c1Cl. The minimum atomic E-state index is -2.02. The summed E-state index contributed by atoms with van der Waals surface area (Å²) in [5.74, 6) is 0.479. The van der Waals surface area contributed by atoms with Crippen LogP contribution in [0.1, 0.15) is 24.4 Å². The number of H-pyrrole nitrogens is 1. The highest BCUT2D eigenvalue weighted by Gasteiger charge is 2.16. The Hall–Kier alpha value is -0.960. The van der Waals surface area contributed by atoms with Crippen LogP contribution in [0.3, 0.4) is 0 Å². The quantitative estimate of drug-likeness (QED) is 0.722. The molecule has 7 nitrogen and oxygen atoms in total. The van der Waals surface area contributed by atoms with Crippen LogP contribution in [0.2, 0.25) is 5.02 Å². The fourth-order valence-electron chi connectivity index (χ4n) is 1.42. The van der Waals surface area contributed by atoms with Gasteiger partial charge < -0.3 is 0 Å². The highest BCUT2D eigenvalue weighted by molar-refractivity contribution is 7.77. The van der Waals surface area contributed by atoms with Gasteiger partial charge in [-0.1, -0.05) is 18.5 Å². The Labute approximate surface area is 105 Å². The number of aryl methyl sites for hydroxylation is 1. The lowest BCUT2D eigenvalue weighted by Gasteiger charge is -2.05. The predicted octanol–water partition coefficient (Wildman–Crippen LogP) is 0.849. The van der Waals surface area contributed by atoms with E-state index in [1.807, 2.05) is 13.8 Å². The van der Waals surface area contributed by atoms with Gasteiger partial charge in [0.1, 0.15) is 5.02 Å². The first-order valence-electron chi connectivity index (χ1n) is 4.94. The van der Waals surface area contributed by atoms with Gasteiger partial charge in [0.15, 0.2) is 11.5 Å². The molecule has 0 bridgehead atoms. The zero-order valence-corrected chi connectivity index (χ0v) is 10.8. The van der Waals surface area contributed by atoms with Crippen LogP contribution in [0.25, 0.3) is 5.65 Å². The van der Waals surface area contributed by atoms with Crippen molar-refractivity contribution in [1.29, 1.82) is 0 Å². The molecule has 0 spiro atoms. The molecule has 2 heterocycles. The van der Waals surface area contributed by atoms with Crippen molar-refractivity contribution in [2.24, 2.45) is 0 Å². The topological polar surface area (TPSA) is 95.3 Å². The summed E-state index contributed by atoms with van der Waals surface area (Å²) < 4.78 is 23.0. The second-order valence-electron chi connectivity index (χ2n) is 3.75. The molecule has 0 fully saturated rings. The Kier molecular flexibility index (Phi) is 3.48. The van der Waals surface area contributed by atoms with Crippen LogP contribution in [-0.2, 0) is 11.3 Å². The summed E-state index contributed by atoms with van der Waals surface area (Å²) in [6, 6.07) is 0. The third kappa shape index (κ3) is 2.49. The number of aromatic nitrogens is 4. The number of hydrogen-bond donors (Lipinski definition) is 3. The van der Waals surface area contributed by atoms with E-state index in [-0.39, 0.29) is 5.92 Å². The van der Waals surface area contributed by atoms with Crippen molar-refractivity contribution in [1.82, 2.24) is 24.5 Å². The van der Waals surface area contributed by atoms with E-state index in [2.05, 4.69) is 19.9 Å². The van der Waals surface area contributed by atoms with Crippen LogP contribution < -0.4 is 4.72 Å². The normalized spacial score (nSPS) is 15.3. The largest absolute Gasteiger partial charge is 0.294 e. The highest BCUT2D eigenvalue weighted by atomic mass is 35.5. The fourth-order valence-corrected chi connectivity index (χ4v) is 1.98. The molecule has 2 aromatic heterocycles. The molecule has 0 amide bonds. The molecule has 3 N–H and O–H groups in total. The van der Waals surface area contributed by atoms with Crippen molar-refractivity contribution in [2.45, 2.75) is 19.8 Å². The summed E-state index contributed by atoms with van der Waals surface area (Å²) in [7, 11) is 0. The molecule has 0 aromatic carbocycles. The third-order valence-electron chi connectivity index (χ3n) is 2.38. The van der Waals surface area contributed by atoms with Crippen molar-refractivity contribution in [3.8, 4) is 0 Å². The van der Waals surface area contributed by atoms with E-state index in [1.165, 1.54) is 4.63 Å². The molecule has 0 saturated heterocycles. The van der Waals surface area contributed by atoms with E-state index in [4.69, 9.17) is 16.2 Å². The standard InChI is InChI=1S/C8H12ClN5O2S/c1-4(3-10-17(15)16)7-11-8-6(9)5(2)12-14(8)13-7/h4,10,12H,3H2,1-2H3,(H,15,16). The average Bonchev–Trinajstić information content (AvgIpc) is 2.77. The molecule has 2 aromatic rings. The van der Waals surface area contributed by atoms with E-state index in [0.29, 0.717) is 23.0 Å². The van der Waals surface area contributed by atoms with Crippen LogP contribution in [0.5, 0.6) is 0 Å². The van der Waals surface area contributed by atoms with Gasteiger partial charge >= 0.3 is 0 Å². The van der Waals surface area contributed by atoms with Crippen LogP contribution in [-0.4, -0.2) is 35.1 Å². The first-order chi connectivity index (χ1) is 7.99. The molecule has 0 saturated carbocycles. The second-order valence-corrected chi connectivity index (χ2v) is 4.92. The van der Waals surface area contributed by atoms with Gasteiger partial charge in [-0.2, -0.15) is 4.63 Å². The van der Waals surface area contributed by atoms with Crippen molar-refractivity contribution < 1.29 is 8.76 Å². The summed E-state index contributed by atoms with van der Waals surface area (Å²) in [6.45, 7) is 4.00. The maximum absolute atomic E-state index is 10.5. The van der Waals surface area contributed by atoms with Crippen molar-refractivity contribution >= 4 is 28.5 Å². The van der Waals surface area contributed by atoms with Crippen molar-refractivity contribution in [2.75, 3.05) is 6.54 Å². The molecule has 2 atom stereocenters. The van der Waals surface area contributed by atoms with Crippen LogP contribution >= 0.6 is 11.6 Å². The Bertz CT molecular complexity index is 566. The van der Waals surface area contributed by atoms with Crippen molar-refractivity contribution in [3.05, 3.63) is 16.5 Å². The summed E-state index contributed by atoms with van der Waals surface area (Å²) in [4.78, 5) is 4.28. The molecule has 9 heteroatoms. The van der Waals surface area contributed by atoms with E-state index >= 15 is 0 Å². The second kappa shape index (κ2) is 4.73. The molecule has 2 rings (SSSR count). The number of halogens is 1. The zero-order chi connectivity index (χ0) is 12.6. The molecule has 2 unspecified atom stereocenters. The summed E-state index contributed by atoms with van der Waals surface area (Å²) in [5.41, 5.74) is 1.37. The molecular weight excluding hydrogens is 266 g/mol. The minimum Gasteiger partial charge on any atom is -0.294 e. The predicted molar refractivity (Wildman–Crippen MR) is 64.3 cm³/mol. The van der Waals surface area contributed by atoms with Crippen molar-refractivity contribution in [3.63, 3.8) is 0 Å². The third-order valence-corrected chi connectivity index (χ3v) is 3.24. The lowest BCUT2D eigenvalue weighted by atomic mass is 10.2. The van der Waals surface area contributed by atoms with Gasteiger partial charge in [0.05, 0.1) is 5.69 Å². The highest BCUT2D eigenvalue weighted by Crippen LogP contribution is 2.21. The van der Waals surface area contributed by atoms with E-state index in [0.717, 1.165) is 5.69 Å². The number of aromatic amines is 1. The Morgan fingerprint density at radius 3 is 3.00 bits per heavy atom. The monoisotopic (exact) mass is 277 g/mol. The Balaban J connectivity index is 2.21. The van der Waals surface area contributed by atoms with Gasteiger partial charge in [-0.25, -0.2) is 13.9 Å². The molecular formula is C8H12ClN5O2S. The smallest absolute Gasteiger partial charge is 0.231 e. The number of nitrogens with zero attached hydrogens (tertiary/aromatic N) is 3. The number of nitrogens with one attached hydrogen (secondary N) is 2. The molecule has 94 valence electrons. The first kappa shape index (κ1) is 12.5. The Morgan fingerprint density at radius 2 is 2.41 bits per heavy atom. The molecule has 0 aliphatic heterocycles. The molecule has 0 radical (unpaired) electrons. The first-order valence-corrected chi connectivity index (χ1v) is 6.42. The fraction of sp³-hybridized carbons (Fsp3) is 0.500. The van der Waals surface area contributed by atoms with E-state index < -0.39 is 11.3 Å².